The molecule has 0 saturated heterocycles. The van der Waals surface area contributed by atoms with Gasteiger partial charge in [0.25, 0.3) is 0 Å². The summed E-state index contributed by atoms with van der Waals surface area (Å²) in [5.74, 6) is -0.990. The van der Waals surface area contributed by atoms with Gasteiger partial charge in [-0.05, 0) is 46.7 Å². The third-order valence-electron chi connectivity index (χ3n) is 3.48. The number of rotatable bonds is 3. The molecule has 0 fully saturated rings. The van der Waals surface area contributed by atoms with Gasteiger partial charge in [0.15, 0.2) is 0 Å². The van der Waals surface area contributed by atoms with E-state index < -0.39 is 5.97 Å². The van der Waals surface area contributed by atoms with Crippen LogP contribution < -0.4 is 5.11 Å². The van der Waals surface area contributed by atoms with Crippen molar-refractivity contribution in [3.63, 3.8) is 0 Å². The first-order chi connectivity index (χ1) is 8.75. The number of carboxylic acids is 1. The number of carboxylic acid groups (broad SMARTS) is 1. The number of carbonyl (C=O) groups is 1. The van der Waals surface area contributed by atoms with E-state index in [1.54, 1.807) is 0 Å². The molecule has 2 heteroatoms. The highest BCUT2D eigenvalue weighted by molar-refractivity contribution is 5.97. The van der Waals surface area contributed by atoms with Gasteiger partial charge >= 0.3 is 0 Å². The number of benzene rings is 2. The van der Waals surface area contributed by atoms with E-state index in [2.05, 4.69) is 30.4 Å². The van der Waals surface area contributed by atoms with Gasteiger partial charge in [-0.25, -0.2) is 0 Å². The van der Waals surface area contributed by atoms with Crippen LogP contribution in [0.4, 0.5) is 0 Å². The SMILES string of the molecule is O=C([O-])CCc1ccc2c3c(cccc13)CC=C2. The molecule has 0 amide bonds. The highest BCUT2D eigenvalue weighted by atomic mass is 16.4. The number of hydrogen-bond acceptors (Lipinski definition) is 2. The monoisotopic (exact) mass is 237 g/mol. The third kappa shape index (κ3) is 1.80. The maximum absolute atomic E-state index is 10.6. The molecule has 0 atom stereocenters. The van der Waals surface area contributed by atoms with Crippen LogP contribution in [0, 0.1) is 0 Å². The Balaban J connectivity index is 2.15. The zero-order valence-corrected chi connectivity index (χ0v) is 9.98. The molecule has 90 valence electrons. The second kappa shape index (κ2) is 4.30. The van der Waals surface area contributed by atoms with Crippen LogP contribution in [0.15, 0.2) is 36.4 Å². The minimum atomic E-state index is -0.990. The smallest absolute Gasteiger partial charge is 0.0417 e. The maximum atomic E-state index is 10.6. The minimum Gasteiger partial charge on any atom is -0.550 e. The predicted octanol–water partition coefficient (Wildman–Crippen LogP) is 2.09. The summed E-state index contributed by atoms with van der Waals surface area (Å²) in [6, 6.07) is 10.4. The van der Waals surface area contributed by atoms with E-state index in [4.69, 9.17) is 0 Å². The number of aryl methyl sites for hydroxylation is 1. The van der Waals surface area contributed by atoms with Crippen molar-refractivity contribution in [1.82, 2.24) is 0 Å². The van der Waals surface area contributed by atoms with Crippen LogP contribution in [-0.2, 0) is 17.6 Å². The summed E-state index contributed by atoms with van der Waals surface area (Å²) in [5.41, 5.74) is 3.64. The van der Waals surface area contributed by atoms with E-state index >= 15 is 0 Å². The van der Waals surface area contributed by atoms with Gasteiger partial charge in [0.1, 0.15) is 0 Å². The summed E-state index contributed by atoms with van der Waals surface area (Å²) in [6.07, 6.45) is 5.87. The summed E-state index contributed by atoms with van der Waals surface area (Å²) >= 11 is 0. The van der Waals surface area contributed by atoms with Crippen molar-refractivity contribution >= 4 is 22.8 Å². The quantitative estimate of drug-likeness (QED) is 0.820. The van der Waals surface area contributed by atoms with Crippen LogP contribution in [-0.4, -0.2) is 5.97 Å². The standard InChI is InChI=1S/C16H14O2/c17-15(18)10-9-11-7-8-13-4-1-3-12-5-2-6-14(11)16(12)13/h1-2,4-8H,3,9-10H2,(H,17,18)/p-1. The van der Waals surface area contributed by atoms with Gasteiger partial charge in [-0.2, -0.15) is 0 Å². The van der Waals surface area contributed by atoms with Crippen molar-refractivity contribution in [2.24, 2.45) is 0 Å². The Bertz CT molecular complexity index is 653. The highest BCUT2D eigenvalue weighted by Gasteiger charge is 2.10. The van der Waals surface area contributed by atoms with E-state index in [0.717, 1.165) is 12.0 Å². The normalized spacial score (nSPS) is 12.9. The van der Waals surface area contributed by atoms with Gasteiger partial charge in [-0.1, -0.05) is 42.5 Å². The number of aliphatic carboxylic acids is 1. The first kappa shape index (κ1) is 11.0. The summed E-state index contributed by atoms with van der Waals surface area (Å²) in [4.78, 5) is 10.6. The molecular formula is C16H13O2-. The minimum absolute atomic E-state index is 0.0779. The molecule has 3 rings (SSSR count). The number of allylic oxidation sites excluding steroid dienone is 1. The molecule has 2 aromatic carbocycles. The molecule has 0 aromatic heterocycles. The van der Waals surface area contributed by atoms with Crippen molar-refractivity contribution in [3.8, 4) is 0 Å². The average molecular weight is 237 g/mol. The van der Waals surface area contributed by atoms with Gasteiger partial charge in [-0.15, -0.1) is 0 Å². The molecule has 0 aliphatic heterocycles. The van der Waals surface area contributed by atoms with Crippen molar-refractivity contribution in [1.29, 1.82) is 0 Å². The van der Waals surface area contributed by atoms with Crippen molar-refractivity contribution in [2.45, 2.75) is 19.3 Å². The van der Waals surface area contributed by atoms with Gasteiger partial charge < -0.3 is 9.90 Å². The highest BCUT2D eigenvalue weighted by Crippen LogP contribution is 2.31. The molecule has 0 radical (unpaired) electrons. The Hall–Kier alpha value is -2.09. The Kier molecular flexibility index (Phi) is 2.63. The fourth-order valence-electron chi connectivity index (χ4n) is 2.65. The summed E-state index contributed by atoms with van der Waals surface area (Å²) in [5, 5.41) is 13.0. The summed E-state index contributed by atoms with van der Waals surface area (Å²) in [6.45, 7) is 0. The van der Waals surface area contributed by atoms with E-state index in [0.29, 0.717) is 6.42 Å². The van der Waals surface area contributed by atoms with Crippen molar-refractivity contribution in [3.05, 3.63) is 53.1 Å². The molecule has 1 aliphatic carbocycles. The fraction of sp³-hybridized carbons (Fsp3) is 0.188. The van der Waals surface area contributed by atoms with Gasteiger partial charge in [-0.3, -0.25) is 0 Å². The number of hydrogen-bond donors (Lipinski definition) is 0. The van der Waals surface area contributed by atoms with Gasteiger partial charge in [0, 0.05) is 5.97 Å². The van der Waals surface area contributed by atoms with Crippen LogP contribution in [0.25, 0.3) is 16.8 Å². The Labute approximate surface area is 106 Å². The molecule has 0 heterocycles. The second-order valence-corrected chi connectivity index (χ2v) is 4.63. The lowest BCUT2D eigenvalue weighted by Crippen LogP contribution is -2.22. The molecule has 2 nitrogen and oxygen atoms in total. The van der Waals surface area contributed by atoms with Crippen LogP contribution in [0.1, 0.15) is 23.1 Å². The van der Waals surface area contributed by atoms with E-state index in [1.165, 1.54) is 21.9 Å². The van der Waals surface area contributed by atoms with Crippen LogP contribution in [0.3, 0.4) is 0 Å². The predicted molar refractivity (Wildman–Crippen MR) is 70.0 cm³/mol. The molecule has 2 aromatic rings. The average Bonchev–Trinajstić information content (AvgIpc) is 2.38. The number of carbonyl (C=O) groups excluding carboxylic acids is 1. The van der Waals surface area contributed by atoms with Crippen LogP contribution in [0.5, 0.6) is 0 Å². The lowest BCUT2D eigenvalue weighted by Gasteiger charge is -2.15. The zero-order chi connectivity index (χ0) is 12.5. The van der Waals surface area contributed by atoms with Crippen molar-refractivity contribution < 1.29 is 9.90 Å². The van der Waals surface area contributed by atoms with E-state index in [1.807, 2.05) is 12.1 Å². The van der Waals surface area contributed by atoms with Gasteiger partial charge in [0.2, 0.25) is 0 Å². The Morgan fingerprint density at radius 3 is 2.94 bits per heavy atom. The lowest BCUT2D eigenvalue weighted by molar-refractivity contribution is -0.305. The molecule has 0 N–H and O–H groups in total. The molecule has 18 heavy (non-hydrogen) atoms. The molecule has 0 bridgehead atoms. The topological polar surface area (TPSA) is 40.1 Å². The third-order valence-corrected chi connectivity index (χ3v) is 3.48. The molecule has 0 unspecified atom stereocenters. The van der Waals surface area contributed by atoms with E-state index in [-0.39, 0.29) is 6.42 Å². The largest absolute Gasteiger partial charge is 0.550 e. The van der Waals surface area contributed by atoms with Crippen LogP contribution >= 0.6 is 0 Å². The van der Waals surface area contributed by atoms with Crippen LogP contribution in [0.2, 0.25) is 0 Å². The first-order valence-electron chi connectivity index (χ1n) is 6.15. The zero-order valence-electron chi connectivity index (χ0n) is 9.98. The Morgan fingerprint density at radius 1 is 1.22 bits per heavy atom. The second-order valence-electron chi connectivity index (χ2n) is 4.63. The molecule has 0 saturated carbocycles. The Morgan fingerprint density at radius 2 is 2.11 bits per heavy atom. The summed E-state index contributed by atoms with van der Waals surface area (Å²) < 4.78 is 0. The lowest BCUT2D eigenvalue weighted by atomic mass is 9.89. The molecule has 1 aliphatic rings. The first-order valence-corrected chi connectivity index (χ1v) is 6.15. The van der Waals surface area contributed by atoms with Gasteiger partial charge in [0.05, 0.1) is 0 Å². The van der Waals surface area contributed by atoms with Crippen molar-refractivity contribution in [2.75, 3.05) is 0 Å². The summed E-state index contributed by atoms with van der Waals surface area (Å²) in [7, 11) is 0. The van der Waals surface area contributed by atoms with E-state index in [9.17, 15) is 9.90 Å². The fourth-order valence-corrected chi connectivity index (χ4v) is 2.65. The molecule has 0 spiro atoms. The maximum Gasteiger partial charge on any atom is 0.0417 e. The molecular weight excluding hydrogens is 224 g/mol.